The van der Waals surface area contributed by atoms with Crippen molar-refractivity contribution in [3.63, 3.8) is 0 Å². The molecule has 0 spiro atoms. The van der Waals surface area contributed by atoms with Gasteiger partial charge in [0, 0.05) is 24.9 Å². The summed E-state index contributed by atoms with van der Waals surface area (Å²) in [4.78, 5) is 15.6. The predicted octanol–water partition coefficient (Wildman–Crippen LogP) is 2.37. The Hall–Kier alpha value is -2.20. The number of amides is 1. The fourth-order valence-electron chi connectivity index (χ4n) is 2.92. The molecule has 10 heteroatoms. The number of halogens is 1. The fourth-order valence-corrected chi connectivity index (χ4v) is 4.39. The minimum absolute atomic E-state index is 0. The lowest BCUT2D eigenvalue weighted by atomic mass is 9.96. The number of rotatable bonds is 6. The highest BCUT2D eigenvalue weighted by Crippen LogP contribution is 2.26. The van der Waals surface area contributed by atoms with Gasteiger partial charge in [0.05, 0.1) is 16.8 Å². The summed E-state index contributed by atoms with van der Waals surface area (Å²) < 4.78 is 36.4. The molecule has 0 aliphatic carbocycles. The summed E-state index contributed by atoms with van der Waals surface area (Å²) in [5.41, 5.74) is 1.61. The van der Waals surface area contributed by atoms with Crippen LogP contribution >= 0.6 is 12.4 Å². The van der Waals surface area contributed by atoms with Gasteiger partial charge in [-0.1, -0.05) is 0 Å². The molecule has 1 aliphatic heterocycles. The standard InChI is InChI=1S/C18H20N2O6S.ClH/c21-18(20-22)13-7-10-25-16(11-13)12-27(23,24)17-3-1-14(2-4-17)26-15-5-8-19-9-6-15;/h1-6,8-9,13,16,22H,7,10-12H2,(H,20,21);1H. The molecule has 3 rings (SSSR count). The molecule has 0 bridgehead atoms. The number of carbonyl (C=O) groups excluding carboxylic acids is 1. The summed E-state index contributed by atoms with van der Waals surface area (Å²) >= 11 is 0. The van der Waals surface area contributed by atoms with Gasteiger partial charge < -0.3 is 9.47 Å². The largest absolute Gasteiger partial charge is 0.457 e. The van der Waals surface area contributed by atoms with Crippen molar-refractivity contribution in [1.29, 1.82) is 0 Å². The monoisotopic (exact) mass is 428 g/mol. The number of hydrogen-bond donors (Lipinski definition) is 2. The zero-order valence-corrected chi connectivity index (χ0v) is 16.5. The third kappa shape index (κ3) is 5.65. The summed E-state index contributed by atoms with van der Waals surface area (Å²) in [5.74, 6) is -0.0937. The van der Waals surface area contributed by atoms with Gasteiger partial charge in [0.25, 0.3) is 0 Å². The maximum Gasteiger partial charge on any atom is 0.246 e. The van der Waals surface area contributed by atoms with Gasteiger partial charge in [-0.3, -0.25) is 15.0 Å². The second-order valence-electron chi connectivity index (χ2n) is 6.23. The van der Waals surface area contributed by atoms with Crippen LogP contribution in [0.25, 0.3) is 0 Å². The highest BCUT2D eigenvalue weighted by Gasteiger charge is 2.31. The molecule has 1 fully saturated rings. The Morgan fingerprint density at radius 2 is 1.82 bits per heavy atom. The number of carbonyl (C=O) groups is 1. The van der Waals surface area contributed by atoms with E-state index in [1.165, 1.54) is 12.1 Å². The van der Waals surface area contributed by atoms with E-state index in [2.05, 4.69) is 4.98 Å². The highest BCUT2D eigenvalue weighted by molar-refractivity contribution is 7.91. The number of nitrogens with one attached hydrogen (secondary N) is 1. The van der Waals surface area contributed by atoms with Crippen molar-refractivity contribution in [1.82, 2.24) is 10.5 Å². The molecule has 1 aromatic heterocycles. The van der Waals surface area contributed by atoms with E-state index in [1.54, 1.807) is 42.1 Å². The summed E-state index contributed by atoms with van der Waals surface area (Å²) in [7, 11) is -3.59. The van der Waals surface area contributed by atoms with E-state index in [4.69, 9.17) is 14.7 Å². The van der Waals surface area contributed by atoms with Crippen LogP contribution in [-0.4, -0.2) is 43.0 Å². The Morgan fingerprint density at radius 1 is 1.18 bits per heavy atom. The molecule has 2 aromatic rings. The molecule has 0 radical (unpaired) electrons. The van der Waals surface area contributed by atoms with Gasteiger partial charge in [-0.2, -0.15) is 0 Å². The number of aromatic nitrogens is 1. The minimum atomic E-state index is -3.59. The molecule has 2 unspecified atom stereocenters. The zero-order valence-electron chi connectivity index (χ0n) is 14.9. The zero-order chi connectivity index (χ0) is 19.3. The van der Waals surface area contributed by atoms with E-state index in [9.17, 15) is 13.2 Å². The average molecular weight is 429 g/mol. The first-order chi connectivity index (χ1) is 13.0. The molecule has 2 N–H and O–H groups in total. The second-order valence-corrected chi connectivity index (χ2v) is 8.26. The molecule has 0 saturated carbocycles. The van der Waals surface area contributed by atoms with Crippen molar-refractivity contribution >= 4 is 28.2 Å². The maximum atomic E-state index is 12.6. The number of benzene rings is 1. The third-order valence-corrected chi connectivity index (χ3v) is 6.12. The van der Waals surface area contributed by atoms with Crippen LogP contribution in [0.15, 0.2) is 53.7 Å². The number of hydroxylamine groups is 1. The normalized spacial score (nSPS) is 19.3. The average Bonchev–Trinajstić information content (AvgIpc) is 2.68. The van der Waals surface area contributed by atoms with Gasteiger partial charge in [0.2, 0.25) is 5.91 Å². The molecule has 2 heterocycles. The molecule has 152 valence electrons. The third-order valence-electron chi connectivity index (χ3n) is 4.32. The first-order valence-electron chi connectivity index (χ1n) is 8.44. The number of ether oxygens (including phenoxy) is 2. The van der Waals surface area contributed by atoms with Crippen LogP contribution in [0.5, 0.6) is 11.5 Å². The van der Waals surface area contributed by atoms with Crippen LogP contribution in [0.4, 0.5) is 0 Å². The van der Waals surface area contributed by atoms with E-state index < -0.39 is 27.8 Å². The second kappa shape index (κ2) is 9.83. The van der Waals surface area contributed by atoms with Crippen LogP contribution in [-0.2, 0) is 19.4 Å². The Balaban J connectivity index is 0.00000280. The first kappa shape index (κ1) is 22.1. The van der Waals surface area contributed by atoms with Gasteiger partial charge in [-0.15, -0.1) is 12.4 Å². The molecule has 1 aliphatic rings. The summed E-state index contributed by atoms with van der Waals surface area (Å²) in [6, 6.07) is 9.52. The molecule has 2 atom stereocenters. The summed E-state index contributed by atoms with van der Waals surface area (Å²) in [5, 5.41) is 8.74. The predicted molar refractivity (Wildman–Crippen MR) is 102 cm³/mol. The van der Waals surface area contributed by atoms with Gasteiger partial charge in [-0.05, 0) is 49.2 Å². The maximum absolute atomic E-state index is 12.6. The summed E-state index contributed by atoms with van der Waals surface area (Å²) in [6.07, 6.45) is 3.29. The summed E-state index contributed by atoms with van der Waals surface area (Å²) in [6.45, 7) is 0.275. The van der Waals surface area contributed by atoms with Crippen molar-refractivity contribution in [2.75, 3.05) is 12.4 Å². The Kier molecular flexibility index (Phi) is 7.76. The lowest BCUT2D eigenvalue weighted by molar-refractivity contribution is -0.138. The van der Waals surface area contributed by atoms with Gasteiger partial charge in [0.1, 0.15) is 11.5 Å². The number of sulfone groups is 1. The number of pyridine rings is 1. The number of nitrogens with zero attached hydrogens (tertiary/aromatic N) is 1. The van der Waals surface area contributed by atoms with E-state index in [0.29, 0.717) is 17.9 Å². The highest BCUT2D eigenvalue weighted by atomic mass is 35.5. The van der Waals surface area contributed by atoms with E-state index in [1.807, 2.05) is 0 Å². The first-order valence-corrected chi connectivity index (χ1v) is 10.1. The topological polar surface area (TPSA) is 115 Å². The molecular formula is C18H21ClN2O6S. The van der Waals surface area contributed by atoms with E-state index in [-0.39, 0.29) is 36.1 Å². The molecule has 1 saturated heterocycles. The molecule has 28 heavy (non-hydrogen) atoms. The van der Waals surface area contributed by atoms with Crippen LogP contribution in [0.3, 0.4) is 0 Å². The molecule has 1 aromatic carbocycles. The quantitative estimate of drug-likeness (QED) is 0.536. The SMILES string of the molecule is Cl.O=C(NO)C1CCOC(CS(=O)(=O)c2ccc(Oc3ccncc3)cc2)C1. The van der Waals surface area contributed by atoms with Crippen LogP contribution in [0, 0.1) is 5.92 Å². The molecule has 1 amide bonds. The van der Waals surface area contributed by atoms with Crippen molar-refractivity contribution in [3.8, 4) is 11.5 Å². The van der Waals surface area contributed by atoms with Crippen LogP contribution in [0.2, 0.25) is 0 Å². The van der Waals surface area contributed by atoms with Crippen LogP contribution < -0.4 is 10.2 Å². The fraction of sp³-hybridized carbons (Fsp3) is 0.333. The Morgan fingerprint density at radius 3 is 2.46 bits per heavy atom. The number of hydrogen-bond acceptors (Lipinski definition) is 7. The van der Waals surface area contributed by atoms with Crippen molar-refractivity contribution in [3.05, 3.63) is 48.8 Å². The van der Waals surface area contributed by atoms with E-state index >= 15 is 0 Å². The lowest BCUT2D eigenvalue weighted by Gasteiger charge is -2.28. The van der Waals surface area contributed by atoms with Crippen LogP contribution in [0.1, 0.15) is 12.8 Å². The minimum Gasteiger partial charge on any atom is -0.457 e. The van der Waals surface area contributed by atoms with Gasteiger partial charge >= 0.3 is 0 Å². The molecular weight excluding hydrogens is 408 g/mol. The lowest BCUT2D eigenvalue weighted by Crippen LogP contribution is -2.38. The van der Waals surface area contributed by atoms with Crippen molar-refractivity contribution in [2.24, 2.45) is 5.92 Å². The van der Waals surface area contributed by atoms with E-state index in [0.717, 1.165) is 0 Å². The van der Waals surface area contributed by atoms with Crippen molar-refractivity contribution in [2.45, 2.75) is 23.8 Å². The Labute approximate surface area is 169 Å². The van der Waals surface area contributed by atoms with Gasteiger partial charge in [-0.25, -0.2) is 13.9 Å². The Bertz CT molecular complexity index is 877. The van der Waals surface area contributed by atoms with Crippen molar-refractivity contribution < 1.29 is 27.9 Å². The smallest absolute Gasteiger partial charge is 0.246 e. The van der Waals surface area contributed by atoms with Gasteiger partial charge in [0.15, 0.2) is 9.84 Å². The molecule has 8 nitrogen and oxygen atoms in total.